The van der Waals surface area contributed by atoms with Crippen LogP contribution in [0.3, 0.4) is 0 Å². The summed E-state index contributed by atoms with van der Waals surface area (Å²) in [5.41, 5.74) is 6.17. The molecule has 0 radical (unpaired) electrons. The molecule has 130 valence electrons. The van der Waals surface area contributed by atoms with Gasteiger partial charge in [0.25, 0.3) is 0 Å². The van der Waals surface area contributed by atoms with E-state index in [0.717, 1.165) is 25.3 Å². The van der Waals surface area contributed by atoms with Gasteiger partial charge in [0, 0.05) is 5.56 Å². The van der Waals surface area contributed by atoms with Gasteiger partial charge in [-0.15, -0.1) is 0 Å². The molecule has 23 heavy (non-hydrogen) atoms. The van der Waals surface area contributed by atoms with E-state index in [1.54, 1.807) is 0 Å². The molecule has 0 aliphatic carbocycles. The number of benzene rings is 1. The fraction of sp³-hybridized carbons (Fsp3) is 0.611. The van der Waals surface area contributed by atoms with Gasteiger partial charge in [0.2, 0.25) is 0 Å². The van der Waals surface area contributed by atoms with Crippen LogP contribution in [0.4, 0.5) is 13.2 Å². The maximum Gasteiger partial charge on any atom is 0.416 e. The Kier molecular flexibility index (Phi) is 8.59. The van der Waals surface area contributed by atoms with E-state index < -0.39 is 11.7 Å². The first-order chi connectivity index (χ1) is 10.9. The third-order valence-corrected chi connectivity index (χ3v) is 4.22. The molecule has 0 spiro atoms. The van der Waals surface area contributed by atoms with Crippen LogP contribution in [-0.2, 0) is 12.6 Å². The van der Waals surface area contributed by atoms with Crippen LogP contribution < -0.4 is 5.73 Å². The van der Waals surface area contributed by atoms with Crippen molar-refractivity contribution in [2.45, 2.75) is 70.9 Å². The van der Waals surface area contributed by atoms with Gasteiger partial charge in [0.15, 0.2) is 0 Å². The summed E-state index contributed by atoms with van der Waals surface area (Å²) in [5.74, 6) is 0. The molecule has 0 amide bonds. The van der Waals surface area contributed by atoms with Crippen molar-refractivity contribution in [3.63, 3.8) is 0 Å². The zero-order valence-electron chi connectivity index (χ0n) is 13.7. The molecule has 5 heteroatoms. The number of aryl methyl sites for hydroxylation is 1. The van der Waals surface area contributed by atoms with Gasteiger partial charge in [-0.1, -0.05) is 70.2 Å². The topological polar surface area (TPSA) is 26.0 Å². The number of nitrogens with two attached hydrogens (primary N) is 1. The van der Waals surface area contributed by atoms with Gasteiger partial charge in [0.05, 0.1) is 5.56 Å². The number of alkyl halides is 3. The van der Waals surface area contributed by atoms with E-state index >= 15 is 0 Å². The molecule has 0 aliphatic heterocycles. The minimum atomic E-state index is -4.33. The average molecular weight is 345 g/mol. The highest BCUT2D eigenvalue weighted by molar-refractivity contribution is 7.80. The lowest BCUT2D eigenvalue weighted by Gasteiger charge is -2.13. The predicted octanol–water partition coefficient (Wildman–Crippen LogP) is 6.02. The monoisotopic (exact) mass is 345 g/mol. The summed E-state index contributed by atoms with van der Waals surface area (Å²) in [6.07, 6.45) is 5.51. The second-order valence-corrected chi connectivity index (χ2v) is 6.40. The Morgan fingerprint density at radius 2 is 1.57 bits per heavy atom. The fourth-order valence-electron chi connectivity index (χ4n) is 2.67. The SMILES string of the molecule is CCCCCCCCCCc1cc(C(F)(F)F)ccc1C(N)=S. The zero-order chi connectivity index (χ0) is 17.3. The molecule has 0 heterocycles. The van der Waals surface area contributed by atoms with Crippen molar-refractivity contribution in [1.29, 1.82) is 0 Å². The molecule has 1 rings (SSSR count). The van der Waals surface area contributed by atoms with E-state index in [1.807, 2.05) is 0 Å². The number of thiocarbonyl (C=S) groups is 1. The van der Waals surface area contributed by atoms with Crippen molar-refractivity contribution in [2.75, 3.05) is 0 Å². The first kappa shape index (κ1) is 19.9. The molecule has 0 fully saturated rings. The van der Waals surface area contributed by atoms with E-state index in [0.29, 0.717) is 17.5 Å². The smallest absolute Gasteiger partial charge is 0.389 e. The van der Waals surface area contributed by atoms with Crippen molar-refractivity contribution in [2.24, 2.45) is 5.73 Å². The molecule has 0 saturated carbocycles. The van der Waals surface area contributed by atoms with Crippen molar-refractivity contribution in [3.05, 3.63) is 34.9 Å². The standard InChI is InChI=1S/C18H26F3NS/c1-2-3-4-5-6-7-8-9-10-14-13-15(18(19,20)21)11-12-16(14)17(22)23/h11-13H,2-10H2,1H3,(H2,22,23). The second kappa shape index (κ2) is 9.91. The lowest BCUT2D eigenvalue weighted by atomic mass is 9.97. The molecule has 1 aromatic carbocycles. The third kappa shape index (κ3) is 7.34. The van der Waals surface area contributed by atoms with Gasteiger partial charge in [-0.3, -0.25) is 0 Å². The van der Waals surface area contributed by atoms with Gasteiger partial charge in [-0.05, 0) is 30.5 Å². The van der Waals surface area contributed by atoms with E-state index in [-0.39, 0.29) is 4.99 Å². The van der Waals surface area contributed by atoms with E-state index in [2.05, 4.69) is 6.92 Å². The van der Waals surface area contributed by atoms with Crippen LogP contribution in [0, 0.1) is 0 Å². The maximum atomic E-state index is 12.8. The number of hydrogen-bond acceptors (Lipinski definition) is 1. The largest absolute Gasteiger partial charge is 0.416 e. The van der Waals surface area contributed by atoms with Crippen LogP contribution in [-0.4, -0.2) is 4.99 Å². The Morgan fingerprint density at radius 3 is 2.09 bits per heavy atom. The summed E-state index contributed by atoms with van der Waals surface area (Å²) in [6.45, 7) is 2.19. The van der Waals surface area contributed by atoms with E-state index in [9.17, 15) is 13.2 Å². The molecule has 1 nitrogen and oxygen atoms in total. The predicted molar refractivity (Wildman–Crippen MR) is 93.6 cm³/mol. The van der Waals surface area contributed by atoms with E-state index in [1.165, 1.54) is 44.2 Å². The summed E-state index contributed by atoms with van der Waals surface area (Å²) in [5, 5.41) is 0. The summed E-state index contributed by atoms with van der Waals surface area (Å²) < 4.78 is 38.5. The Balaban J connectivity index is 2.52. The number of unbranched alkanes of at least 4 members (excludes halogenated alkanes) is 7. The first-order valence-electron chi connectivity index (χ1n) is 8.36. The molecular formula is C18H26F3NS. The fourth-order valence-corrected chi connectivity index (χ4v) is 2.87. The Labute approximate surface area is 142 Å². The van der Waals surface area contributed by atoms with Crippen LogP contribution in [0.15, 0.2) is 18.2 Å². The number of rotatable bonds is 10. The molecule has 1 aromatic rings. The highest BCUT2D eigenvalue weighted by atomic mass is 32.1. The normalized spacial score (nSPS) is 11.7. The summed E-state index contributed by atoms with van der Waals surface area (Å²) in [7, 11) is 0. The molecular weight excluding hydrogens is 319 g/mol. The minimum absolute atomic E-state index is 0.160. The van der Waals surface area contributed by atoms with Crippen LogP contribution in [0.2, 0.25) is 0 Å². The van der Waals surface area contributed by atoms with Crippen molar-refractivity contribution in [3.8, 4) is 0 Å². The quantitative estimate of drug-likeness (QED) is 0.414. The van der Waals surface area contributed by atoms with Gasteiger partial charge in [-0.25, -0.2) is 0 Å². The lowest BCUT2D eigenvalue weighted by molar-refractivity contribution is -0.137. The summed E-state index contributed by atoms with van der Waals surface area (Å²) in [4.78, 5) is 0.160. The van der Waals surface area contributed by atoms with Crippen molar-refractivity contribution < 1.29 is 13.2 Å². The Bertz CT molecular complexity index is 498. The molecule has 0 aliphatic rings. The highest BCUT2D eigenvalue weighted by Gasteiger charge is 2.31. The second-order valence-electron chi connectivity index (χ2n) is 5.96. The van der Waals surface area contributed by atoms with Crippen LogP contribution in [0.25, 0.3) is 0 Å². The lowest BCUT2D eigenvalue weighted by Crippen LogP contribution is -2.14. The van der Waals surface area contributed by atoms with Crippen molar-refractivity contribution in [1.82, 2.24) is 0 Å². The molecule has 0 unspecified atom stereocenters. The van der Waals surface area contributed by atoms with Gasteiger partial charge < -0.3 is 5.73 Å². The minimum Gasteiger partial charge on any atom is -0.389 e. The van der Waals surface area contributed by atoms with Gasteiger partial charge in [-0.2, -0.15) is 13.2 Å². The van der Waals surface area contributed by atoms with Gasteiger partial charge in [0.1, 0.15) is 4.99 Å². The first-order valence-corrected chi connectivity index (χ1v) is 8.77. The molecule has 0 saturated heterocycles. The van der Waals surface area contributed by atoms with E-state index in [4.69, 9.17) is 18.0 Å². The average Bonchev–Trinajstić information content (AvgIpc) is 2.48. The van der Waals surface area contributed by atoms with Gasteiger partial charge >= 0.3 is 6.18 Å². The highest BCUT2D eigenvalue weighted by Crippen LogP contribution is 2.31. The van der Waals surface area contributed by atoms with Crippen LogP contribution in [0.1, 0.15) is 75.0 Å². The molecule has 0 atom stereocenters. The Morgan fingerprint density at radius 1 is 1.00 bits per heavy atom. The third-order valence-electron chi connectivity index (χ3n) is 4.00. The summed E-state index contributed by atoms with van der Waals surface area (Å²) >= 11 is 4.94. The maximum absolute atomic E-state index is 12.8. The Hall–Kier alpha value is -1.10. The van der Waals surface area contributed by atoms with Crippen LogP contribution in [0.5, 0.6) is 0 Å². The van der Waals surface area contributed by atoms with Crippen molar-refractivity contribution >= 4 is 17.2 Å². The number of halogens is 3. The number of hydrogen-bond donors (Lipinski definition) is 1. The molecule has 0 aromatic heterocycles. The molecule has 0 bridgehead atoms. The summed E-state index contributed by atoms with van der Waals surface area (Å²) in [6, 6.07) is 3.63. The van der Waals surface area contributed by atoms with Crippen LogP contribution >= 0.6 is 12.2 Å². The molecule has 2 N–H and O–H groups in total. The zero-order valence-corrected chi connectivity index (χ0v) is 14.5.